The molecule has 2 aromatic rings. The molecule has 1 atom stereocenters. The van der Waals surface area contributed by atoms with E-state index in [2.05, 4.69) is 0 Å². The van der Waals surface area contributed by atoms with Crippen LogP contribution in [0.15, 0.2) is 30.3 Å². The molecule has 0 aromatic heterocycles. The van der Waals surface area contributed by atoms with Crippen molar-refractivity contribution >= 4 is 16.7 Å². The van der Waals surface area contributed by atoms with E-state index in [-0.39, 0.29) is 49.3 Å². The predicted octanol–water partition coefficient (Wildman–Crippen LogP) is 6.40. The first kappa shape index (κ1) is 25.1. The molecule has 1 saturated carbocycles. The SMILES string of the molecule is CC(N)(CCC(=O)O)c1ccc2c(C(F)(F)F)c(O[C@H]3CC[C@H](C(F)(F)F)CC3)ccc2c1. The van der Waals surface area contributed by atoms with Gasteiger partial charge in [-0.2, -0.15) is 26.3 Å². The normalized spacial score (nSPS) is 21.6. The number of carbonyl (C=O) groups is 1. The Morgan fingerprint density at radius 3 is 2.24 bits per heavy atom. The van der Waals surface area contributed by atoms with Gasteiger partial charge in [0, 0.05) is 12.0 Å². The van der Waals surface area contributed by atoms with Gasteiger partial charge in [0.05, 0.1) is 12.0 Å². The number of rotatable bonds is 6. The molecule has 2 aromatic carbocycles. The van der Waals surface area contributed by atoms with Crippen molar-refractivity contribution in [2.75, 3.05) is 0 Å². The van der Waals surface area contributed by atoms with E-state index in [9.17, 15) is 31.1 Å². The van der Waals surface area contributed by atoms with Crippen LogP contribution < -0.4 is 10.5 Å². The molecule has 0 bridgehead atoms. The van der Waals surface area contributed by atoms with Crippen molar-refractivity contribution in [3.8, 4) is 5.75 Å². The minimum Gasteiger partial charge on any atom is -0.490 e. The summed E-state index contributed by atoms with van der Waals surface area (Å²) < 4.78 is 86.1. The summed E-state index contributed by atoms with van der Waals surface area (Å²) in [5.74, 6) is -2.90. The lowest BCUT2D eigenvalue weighted by Crippen LogP contribution is -2.33. The number of hydrogen-bond acceptors (Lipinski definition) is 3. The van der Waals surface area contributed by atoms with E-state index in [0.29, 0.717) is 5.56 Å². The smallest absolute Gasteiger partial charge is 0.420 e. The number of aliphatic carboxylic acids is 1. The maximum absolute atomic E-state index is 14.0. The largest absolute Gasteiger partial charge is 0.490 e. The lowest BCUT2D eigenvalue weighted by molar-refractivity contribution is -0.185. The molecule has 0 heterocycles. The second-order valence-corrected chi connectivity index (χ2v) is 8.82. The van der Waals surface area contributed by atoms with E-state index < -0.39 is 47.2 Å². The van der Waals surface area contributed by atoms with Gasteiger partial charge in [0.2, 0.25) is 0 Å². The molecule has 0 spiro atoms. The maximum Gasteiger partial charge on any atom is 0.420 e. The van der Waals surface area contributed by atoms with E-state index >= 15 is 0 Å². The van der Waals surface area contributed by atoms with Crippen LogP contribution in [0.25, 0.3) is 10.8 Å². The fraction of sp³-hybridized carbons (Fsp3) is 0.522. The number of fused-ring (bicyclic) bond motifs is 1. The summed E-state index contributed by atoms with van der Waals surface area (Å²) in [6.45, 7) is 1.61. The summed E-state index contributed by atoms with van der Waals surface area (Å²) in [6.07, 6.45) is -10.2. The highest BCUT2D eigenvalue weighted by Gasteiger charge is 2.43. The van der Waals surface area contributed by atoms with E-state index in [1.165, 1.54) is 30.3 Å². The molecule has 0 amide bonds. The van der Waals surface area contributed by atoms with Gasteiger partial charge in [-0.3, -0.25) is 4.79 Å². The van der Waals surface area contributed by atoms with Crippen molar-refractivity contribution in [1.82, 2.24) is 0 Å². The first-order valence-electron chi connectivity index (χ1n) is 10.6. The summed E-state index contributed by atoms with van der Waals surface area (Å²) in [5, 5.41) is 9.02. The van der Waals surface area contributed by atoms with Crippen molar-refractivity contribution in [2.45, 2.75) is 69.4 Å². The van der Waals surface area contributed by atoms with Crippen molar-refractivity contribution in [2.24, 2.45) is 11.7 Å². The first-order valence-corrected chi connectivity index (χ1v) is 10.6. The Balaban J connectivity index is 1.90. The van der Waals surface area contributed by atoms with Crippen LogP contribution in [-0.2, 0) is 16.5 Å². The number of carboxylic acids is 1. The zero-order valence-corrected chi connectivity index (χ0v) is 17.9. The third kappa shape index (κ3) is 5.90. The third-order valence-electron chi connectivity index (χ3n) is 6.21. The molecule has 0 radical (unpaired) electrons. The minimum atomic E-state index is -4.76. The number of nitrogens with two attached hydrogens (primary N) is 1. The molecule has 0 saturated heterocycles. The third-order valence-corrected chi connectivity index (χ3v) is 6.21. The number of carboxylic acid groups (broad SMARTS) is 1. The molecule has 4 nitrogen and oxygen atoms in total. The molecular weight excluding hydrogens is 452 g/mol. The molecule has 182 valence electrons. The predicted molar refractivity (Wildman–Crippen MR) is 110 cm³/mol. The van der Waals surface area contributed by atoms with Crippen LogP contribution in [-0.4, -0.2) is 23.4 Å². The Hall–Kier alpha value is -2.49. The van der Waals surface area contributed by atoms with Crippen molar-refractivity contribution < 1.29 is 41.0 Å². The van der Waals surface area contributed by atoms with Gasteiger partial charge in [0.1, 0.15) is 11.3 Å². The number of alkyl halides is 6. The van der Waals surface area contributed by atoms with Gasteiger partial charge in [-0.25, -0.2) is 0 Å². The fourth-order valence-corrected chi connectivity index (χ4v) is 4.25. The number of benzene rings is 2. The molecule has 10 heteroatoms. The number of halogens is 6. The molecule has 1 unspecified atom stereocenters. The molecule has 3 N–H and O–H groups in total. The Morgan fingerprint density at radius 1 is 1.06 bits per heavy atom. The second-order valence-electron chi connectivity index (χ2n) is 8.82. The van der Waals surface area contributed by atoms with Gasteiger partial charge < -0.3 is 15.6 Å². The van der Waals surface area contributed by atoms with Crippen LogP contribution >= 0.6 is 0 Å². The van der Waals surface area contributed by atoms with Crippen LogP contribution in [0.5, 0.6) is 5.75 Å². The maximum atomic E-state index is 14.0. The van der Waals surface area contributed by atoms with Gasteiger partial charge in [-0.05, 0) is 67.5 Å². The highest BCUT2D eigenvalue weighted by atomic mass is 19.4. The van der Waals surface area contributed by atoms with Crippen LogP contribution in [0.2, 0.25) is 0 Å². The number of ether oxygens (including phenoxy) is 1. The van der Waals surface area contributed by atoms with E-state index in [0.717, 1.165) is 0 Å². The highest BCUT2D eigenvalue weighted by Crippen LogP contribution is 2.44. The van der Waals surface area contributed by atoms with Crippen molar-refractivity contribution in [3.63, 3.8) is 0 Å². The van der Waals surface area contributed by atoms with Crippen LogP contribution in [0, 0.1) is 5.92 Å². The topological polar surface area (TPSA) is 72.6 Å². The van der Waals surface area contributed by atoms with Gasteiger partial charge in [-0.15, -0.1) is 0 Å². The van der Waals surface area contributed by atoms with Gasteiger partial charge in [-0.1, -0.05) is 18.2 Å². The molecule has 33 heavy (non-hydrogen) atoms. The van der Waals surface area contributed by atoms with E-state index in [1.807, 2.05) is 0 Å². The van der Waals surface area contributed by atoms with Crippen LogP contribution in [0.4, 0.5) is 26.3 Å². The molecule has 1 aliphatic carbocycles. The average molecular weight is 477 g/mol. The van der Waals surface area contributed by atoms with E-state index in [1.54, 1.807) is 6.92 Å². The Kier molecular flexibility index (Phi) is 6.89. The lowest BCUT2D eigenvalue weighted by atomic mass is 9.86. The monoisotopic (exact) mass is 477 g/mol. The average Bonchev–Trinajstić information content (AvgIpc) is 2.70. The van der Waals surface area contributed by atoms with Gasteiger partial charge in [0.15, 0.2) is 0 Å². The Bertz CT molecular complexity index is 1010. The van der Waals surface area contributed by atoms with Crippen molar-refractivity contribution in [3.05, 3.63) is 41.5 Å². The molecule has 1 fully saturated rings. The summed E-state index contributed by atoms with van der Waals surface area (Å²) in [6, 6.07) is 6.81. The highest BCUT2D eigenvalue weighted by molar-refractivity contribution is 5.89. The van der Waals surface area contributed by atoms with E-state index in [4.69, 9.17) is 15.6 Å². The molecule has 0 aliphatic heterocycles. The van der Waals surface area contributed by atoms with Crippen LogP contribution in [0.1, 0.15) is 56.6 Å². The number of hydrogen-bond donors (Lipinski definition) is 2. The fourth-order valence-electron chi connectivity index (χ4n) is 4.25. The summed E-state index contributed by atoms with van der Waals surface area (Å²) in [7, 11) is 0. The molecule has 3 rings (SSSR count). The van der Waals surface area contributed by atoms with Crippen LogP contribution in [0.3, 0.4) is 0 Å². The molecular formula is C23H25F6NO3. The van der Waals surface area contributed by atoms with Gasteiger partial charge >= 0.3 is 18.3 Å². The first-order chi connectivity index (χ1) is 15.2. The van der Waals surface area contributed by atoms with Gasteiger partial charge in [0.25, 0.3) is 0 Å². The Morgan fingerprint density at radius 2 is 1.70 bits per heavy atom. The summed E-state index contributed by atoms with van der Waals surface area (Å²) >= 11 is 0. The van der Waals surface area contributed by atoms with Crippen molar-refractivity contribution in [1.29, 1.82) is 0 Å². The zero-order chi connectivity index (χ0) is 24.6. The minimum absolute atomic E-state index is 0.0214. The standard InChI is InChI=1S/C23H25F6NO3/c1-21(30,11-10-19(31)32)15-5-8-17-13(12-15)2-9-18(20(17)23(27,28)29)33-16-6-3-14(4-7-16)22(24,25)26/h2,5,8-9,12,14,16H,3-4,6-7,10-11,30H2,1H3,(H,31,32)/t14-,16-,21?. The summed E-state index contributed by atoms with van der Waals surface area (Å²) in [5.41, 5.74) is 4.65. The quantitative estimate of drug-likeness (QED) is 0.473. The lowest BCUT2D eigenvalue weighted by Gasteiger charge is -2.31. The zero-order valence-electron chi connectivity index (χ0n) is 17.9. The Labute approximate surface area is 186 Å². The second kappa shape index (κ2) is 9.04. The molecule has 1 aliphatic rings. The summed E-state index contributed by atoms with van der Waals surface area (Å²) in [4.78, 5) is 10.9.